The SMILES string of the molecule is CN(C)C1(CNCc2ccc([N+](=O)[O-])s2)CCCCC1. The maximum Gasteiger partial charge on any atom is 0.324 e. The van der Waals surface area contributed by atoms with Crippen molar-refractivity contribution in [2.75, 3.05) is 20.6 Å². The largest absolute Gasteiger partial charge is 0.324 e. The van der Waals surface area contributed by atoms with Crippen LogP contribution in [0.3, 0.4) is 0 Å². The Morgan fingerprint density at radius 3 is 2.60 bits per heavy atom. The highest BCUT2D eigenvalue weighted by Crippen LogP contribution is 2.32. The van der Waals surface area contributed by atoms with Crippen LogP contribution >= 0.6 is 11.3 Å². The second-order valence-corrected chi connectivity index (χ2v) is 6.93. The molecule has 2 rings (SSSR count). The third-order valence-electron chi connectivity index (χ3n) is 4.31. The normalized spacial score (nSPS) is 18.4. The number of nitrogens with zero attached hydrogens (tertiary/aromatic N) is 2. The summed E-state index contributed by atoms with van der Waals surface area (Å²) in [4.78, 5) is 13.7. The minimum atomic E-state index is -0.323. The molecule has 1 aromatic rings. The van der Waals surface area contributed by atoms with Gasteiger partial charge in [0.05, 0.1) is 4.92 Å². The summed E-state index contributed by atoms with van der Waals surface area (Å²) in [5.41, 5.74) is 0.251. The summed E-state index contributed by atoms with van der Waals surface area (Å²) in [7, 11) is 4.31. The minimum Gasteiger partial charge on any atom is -0.310 e. The number of hydrogen-bond donors (Lipinski definition) is 1. The average molecular weight is 297 g/mol. The van der Waals surface area contributed by atoms with Crippen molar-refractivity contribution in [1.29, 1.82) is 0 Å². The smallest absolute Gasteiger partial charge is 0.310 e. The summed E-state index contributed by atoms with van der Waals surface area (Å²) >= 11 is 1.26. The number of hydrogen-bond acceptors (Lipinski definition) is 5. The second-order valence-electron chi connectivity index (χ2n) is 5.78. The first kappa shape index (κ1) is 15.4. The quantitative estimate of drug-likeness (QED) is 0.648. The topological polar surface area (TPSA) is 58.4 Å². The van der Waals surface area contributed by atoms with Crippen LogP contribution in [0.4, 0.5) is 5.00 Å². The molecular weight excluding hydrogens is 274 g/mol. The van der Waals surface area contributed by atoms with Gasteiger partial charge in [-0.1, -0.05) is 30.6 Å². The monoisotopic (exact) mass is 297 g/mol. The molecule has 0 radical (unpaired) electrons. The fourth-order valence-electron chi connectivity index (χ4n) is 2.97. The van der Waals surface area contributed by atoms with E-state index < -0.39 is 0 Å². The van der Waals surface area contributed by atoms with E-state index in [1.165, 1.54) is 43.4 Å². The zero-order valence-electron chi connectivity index (χ0n) is 12.2. The van der Waals surface area contributed by atoms with Crippen LogP contribution in [0.15, 0.2) is 12.1 Å². The maximum absolute atomic E-state index is 10.7. The van der Waals surface area contributed by atoms with Crippen LogP contribution in [-0.4, -0.2) is 36.0 Å². The summed E-state index contributed by atoms with van der Waals surface area (Å²) in [6, 6.07) is 3.43. The predicted octanol–water partition coefficient (Wildman–Crippen LogP) is 3.01. The van der Waals surface area contributed by atoms with E-state index in [0.717, 1.165) is 11.4 Å². The lowest BCUT2D eigenvalue weighted by Gasteiger charge is -2.43. The lowest BCUT2D eigenvalue weighted by Crippen LogP contribution is -2.52. The Hall–Kier alpha value is -0.980. The van der Waals surface area contributed by atoms with Crippen molar-refractivity contribution in [2.24, 2.45) is 0 Å². The molecule has 0 amide bonds. The van der Waals surface area contributed by atoms with E-state index in [1.807, 2.05) is 6.07 Å². The zero-order valence-corrected chi connectivity index (χ0v) is 13.0. The van der Waals surface area contributed by atoms with Gasteiger partial charge in [-0.3, -0.25) is 10.1 Å². The Labute approximate surface area is 124 Å². The van der Waals surface area contributed by atoms with E-state index in [0.29, 0.717) is 6.54 Å². The first-order valence-corrected chi connectivity index (χ1v) is 7.96. The van der Waals surface area contributed by atoms with Crippen LogP contribution in [0.5, 0.6) is 0 Å². The summed E-state index contributed by atoms with van der Waals surface area (Å²) in [5, 5.41) is 14.4. The molecule has 0 bridgehead atoms. The molecule has 112 valence electrons. The summed E-state index contributed by atoms with van der Waals surface area (Å²) < 4.78 is 0. The molecule has 0 unspecified atom stereocenters. The third-order valence-corrected chi connectivity index (χ3v) is 5.35. The minimum absolute atomic E-state index is 0.224. The molecule has 5 nitrogen and oxygen atoms in total. The summed E-state index contributed by atoms with van der Waals surface area (Å²) in [6.45, 7) is 1.67. The van der Waals surface area contributed by atoms with Gasteiger partial charge in [-0.15, -0.1) is 0 Å². The Morgan fingerprint density at radius 1 is 1.35 bits per heavy atom. The molecule has 0 aliphatic heterocycles. The molecule has 20 heavy (non-hydrogen) atoms. The van der Waals surface area contributed by atoms with E-state index in [2.05, 4.69) is 24.3 Å². The number of thiophene rings is 1. The highest BCUT2D eigenvalue weighted by Gasteiger charge is 2.33. The molecule has 6 heteroatoms. The van der Waals surface area contributed by atoms with Gasteiger partial charge in [0, 0.05) is 29.6 Å². The molecule has 1 fully saturated rings. The Kier molecular flexibility index (Phi) is 5.12. The summed E-state index contributed by atoms with van der Waals surface area (Å²) in [5.74, 6) is 0. The molecule has 1 aliphatic carbocycles. The molecule has 0 saturated heterocycles. The van der Waals surface area contributed by atoms with Gasteiger partial charge in [0.15, 0.2) is 0 Å². The van der Waals surface area contributed by atoms with Crippen LogP contribution in [0.2, 0.25) is 0 Å². The first-order valence-electron chi connectivity index (χ1n) is 7.15. The van der Waals surface area contributed by atoms with E-state index in [9.17, 15) is 10.1 Å². The molecule has 1 aliphatic rings. The zero-order chi connectivity index (χ0) is 14.6. The van der Waals surface area contributed by atoms with E-state index >= 15 is 0 Å². The fourth-order valence-corrected chi connectivity index (χ4v) is 3.76. The van der Waals surface area contributed by atoms with Crippen LogP contribution in [0, 0.1) is 10.1 Å². The van der Waals surface area contributed by atoms with Gasteiger partial charge in [0.1, 0.15) is 0 Å². The highest BCUT2D eigenvalue weighted by atomic mass is 32.1. The lowest BCUT2D eigenvalue weighted by molar-refractivity contribution is -0.380. The van der Waals surface area contributed by atoms with Gasteiger partial charge in [-0.2, -0.15) is 0 Å². The highest BCUT2D eigenvalue weighted by molar-refractivity contribution is 7.15. The van der Waals surface area contributed by atoms with Crippen LogP contribution in [0.25, 0.3) is 0 Å². The molecule has 0 spiro atoms. The van der Waals surface area contributed by atoms with Crippen molar-refractivity contribution >= 4 is 16.3 Å². The number of nitro groups is 1. The Bertz CT molecular complexity index is 453. The van der Waals surface area contributed by atoms with E-state index in [4.69, 9.17) is 0 Å². The van der Waals surface area contributed by atoms with E-state index in [-0.39, 0.29) is 15.5 Å². The second kappa shape index (κ2) is 6.65. The number of nitrogens with one attached hydrogen (secondary N) is 1. The third kappa shape index (κ3) is 3.56. The Morgan fingerprint density at radius 2 is 2.05 bits per heavy atom. The van der Waals surface area contributed by atoms with Crippen molar-refractivity contribution in [2.45, 2.75) is 44.2 Å². The molecule has 1 aromatic heterocycles. The number of rotatable bonds is 6. The van der Waals surface area contributed by atoms with Gasteiger partial charge >= 0.3 is 5.00 Å². The van der Waals surface area contributed by atoms with Crippen molar-refractivity contribution in [3.8, 4) is 0 Å². The standard InChI is InChI=1S/C14H23N3O2S/c1-16(2)14(8-4-3-5-9-14)11-15-10-12-6-7-13(20-12)17(18)19/h6-7,15H,3-5,8-11H2,1-2H3. The molecule has 1 saturated carbocycles. The molecular formula is C14H23N3O2S. The van der Waals surface area contributed by atoms with Crippen molar-refractivity contribution in [3.05, 3.63) is 27.1 Å². The van der Waals surface area contributed by atoms with Gasteiger partial charge in [0.2, 0.25) is 0 Å². The van der Waals surface area contributed by atoms with Gasteiger partial charge in [-0.25, -0.2) is 0 Å². The molecule has 0 aromatic carbocycles. The summed E-state index contributed by atoms with van der Waals surface area (Å²) in [6.07, 6.45) is 6.40. The van der Waals surface area contributed by atoms with Gasteiger partial charge in [0.25, 0.3) is 0 Å². The van der Waals surface area contributed by atoms with Crippen LogP contribution in [0.1, 0.15) is 37.0 Å². The number of likely N-dealkylation sites (N-methyl/N-ethyl adjacent to an activating group) is 1. The van der Waals surface area contributed by atoms with Crippen molar-refractivity contribution < 1.29 is 4.92 Å². The van der Waals surface area contributed by atoms with Gasteiger partial charge in [-0.05, 0) is 33.0 Å². The molecule has 0 atom stereocenters. The van der Waals surface area contributed by atoms with Crippen LogP contribution < -0.4 is 5.32 Å². The lowest BCUT2D eigenvalue weighted by atomic mass is 9.80. The Balaban J connectivity index is 1.88. The molecule has 1 heterocycles. The maximum atomic E-state index is 10.7. The van der Waals surface area contributed by atoms with E-state index in [1.54, 1.807) is 6.07 Å². The van der Waals surface area contributed by atoms with Crippen molar-refractivity contribution in [1.82, 2.24) is 10.2 Å². The van der Waals surface area contributed by atoms with Crippen molar-refractivity contribution in [3.63, 3.8) is 0 Å². The first-order chi connectivity index (χ1) is 9.53. The predicted molar refractivity (Wildman–Crippen MR) is 82.2 cm³/mol. The fraction of sp³-hybridized carbons (Fsp3) is 0.714. The van der Waals surface area contributed by atoms with Gasteiger partial charge < -0.3 is 10.2 Å². The molecule has 1 N–H and O–H groups in total. The average Bonchev–Trinajstić information content (AvgIpc) is 2.89. The van der Waals surface area contributed by atoms with Crippen LogP contribution in [-0.2, 0) is 6.54 Å².